The minimum absolute atomic E-state index is 0.0490. The van der Waals surface area contributed by atoms with Crippen LogP contribution >= 0.6 is 0 Å². The van der Waals surface area contributed by atoms with Gasteiger partial charge in [-0.05, 0) is 123 Å². The van der Waals surface area contributed by atoms with Gasteiger partial charge in [-0.25, -0.2) is 24.5 Å². The first-order valence-electron chi connectivity index (χ1n) is 23.1. The molecule has 5 aliphatic rings. The smallest absolute Gasteiger partial charge is 0.328 e. The fraction of sp³-hybridized carbons (Fsp3) is 0.400. The molecule has 4 aliphatic heterocycles. The number of carbonyl (C=O) groups is 3. The summed E-state index contributed by atoms with van der Waals surface area (Å²) in [6, 6.07) is 22.9. The maximum atomic E-state index is 13.7. The van der Waals surface area contributed by atoms with Crippen molar-refractivity contribution in [3.63, 3.8) is 0 Å². The van der Waals surface area contributed by atoms with Crippen LogP contribution in [0.4, 0.5) is 26.8 Å². The third-order valence-electron chi connectivity index (χ3n) is 14.4. The summed E-state index contributed by atoms with van der Waals surface area (Å²) >= 11 is 0. The number of hydrogen-bond acceptors (Lipinski definition) is 9. The van der Waals surface area contributed by atoms with E-state index in [-0.39, 0.29) is 24.0 Å². The van der Waals surface area contributed by atoms with Gasteiger partial charge in [0.25, 0.3) is 0 Å². The Kier molecular flexibility index (Phi) is 10.4. The molecule has 11 rings (SSSR count). The van der Waals surface area contributed by atoms with Crippen LogP contribution in [0.25, 0.3) is 33.5 Å². The van der Waals surface area contributed by atoms with Crippen LogP contribution in [-0.4, -0.2) is 111 Å². The molecule has 0 radical (unpaired) electrons. The highest BCUT2D eigenvalue weighted by molar-refractivity contribution is 6.05. The molecule has 4 aromatic heterocycles. The van der Waals surface area contributed by atoms with E-state index in [0.717, 1.165) is 128 Å². The standard InChI is InChI=1S/C50H55N11O3/c1-32-27-36(5-11-40(32)33(2)59-21-16-44-41(35-3-4-35)15-20-61(44)50(59)64)47-42-28-43(54-48(42)53-31-52-47)37-6-12-45(51-29-37)58-25-23-56(24-26-58)30-34-13-18-57(19-14-34)38-7-9-39(10-8-38)60-22-17-46(62)55-49(60)63/h5-12,15,20,27-29,31,33-35H,3-4,13-14,16-19,21-26,30H2,1-2H3,(H,52,53,54)(H,55,62,63). The molecule has 2 N–H and O–H groups in total. The number of piperidine rings is 1. The number of imide groups is 1. The Balaban J connectivity index is 0.684. The molecule has 64 heavy (non-hydrogen) atoms. The van der Waals surface area contributed by atoms with Gasteiger partial charge in [-0.15, -0.1) is 0 Å². The van der Waals surface area contributed by atoms with Gasteiger partial charge >= 0.3 is 12.1 Å². The Morgan fingerprint density at radius 2 is 1.53 bits per heavy atom. The summed E-state index contributed by atoms with van der Waals surface area (Å²) in [7, 11) is 0. The molecule has 1 aliphatic carbocycles. The van der Waals surface area contributed by atoms with Gasteiger partial charge in [0.05, 0.1) is 11.7 Å². The number of benzene rings is 2. The van der Waals surface area contributed by atoms with Crippen LogP contribution in [0.2, 0.25) is 0 Å². The predicted molar refractivity (Wildman–Crippen MR) is 249 cm³/mol. The van der Waals surface area contributed by atoms with E-state index in [4.69, 9.17) is 9.97 Å². The van der Waals surface area contributed by atoms with Gasteiger partial charge in [0, 0.05) is 123 Å². The number of aromatic nitrogens is 5. The third-order valence-corrected chi connectivity index (χ3v) is 14.4. The average molecular weight is 858 g/mol. The number of nitrogens with zero attached hydrogens (tertiary/aromatic N) is 9. The number of anilines is 3. The van der Waals surface area contributed by atoms with Crippen LogP contribution in [0.1, 0.15) is 73.4 Å². The molecule has 14 heteroatoms. The first kappa shape index (κ1) is 40.2. The number of aromatic amines is 1. The van der Waals surface area contributed by atoms with E-state index in [1.807, 2.05) is 34.0 Å². The third kappa shape index (κ3) is 7.67. The lowest BCUT2D eigenvalue weighted by molar-refractivity contribution is -0.120. The largest absolute Gasteiger partial charge is 0.372 e. The van der Waals surface area contributed by atoms with E-state index >= 15 is 0 Å². The number of aryl methyl sites for hydroxylation is 1. The van der Waals surface area contributed by atoms with Crippen molar-refractivity contribution in [3.8, 4) is 22.5 Å². The van der Waals surface area contributed by atoms with E-state index in [1.54, 1.807) is 11.2 Å². The normalized spacial score (nSPS) is 19.4. The molecule has 1 unspecified atom stereocenters. The average Bonchev–Trinajstić information content (AvgIpc) is 3.91. The molecule has 6 aromatic rings. The number of nitrogens with one attached hydrogen (secondary N) is 2. The number of fused-ring (bicyclic) bond motifs is 2. The number of H-pyrrole nitrogens is 1. The molecule has 4 amide bonds. The minimum atomic E-state index is -0.348. The van der Waals surface area contributed by atoms with Crippen molar-refractivity contribution in [3.05, 3.63) is 108 Å². The van der Waals surface area contributed by atoms with Gasteiger partial charge in [0.2, 0.25) is 5.91 Å². The van der Waals surface area contributed by atoms with Crippen molar-refractivity contribution in [2.45, 2.75) is 64.3 Å². The molecule has 2 aromatic carbocycles. The molecule has 0 spiro atoms. The molecule has 14 nitrogen and oxygen atoms in total. The fourth-order valence-electron chi connectivity index (χ4n) is 10.6. The van der Waals surface area contributed by atoms with Gasteiger partial charge < -0.3 is 19.7 Å². The second-order valence-corrected chi connectivity index (χ2v) is 18.4. The van der Waals surface area contributed by atoms with E-state index in [2.05, 4.69) is 98.4 Å². The van der Waals surface area contributed by atoms with Crippen molar-refractivity contribution in [2.75, 3.05) is 73.6 Å². The molecule has 8 heterocycles. The molecule has 328 valence electrons. The topological polar surface area (TPSA) is 139 Å². The number of rotatable bonds is 10. The molecule has 1 atom stereocenters. The summed E-state index contributed by atoms with van der Waals surface area (Å²) in [5, 5.41) is 3.36. The Morgan fingerprint density at radius 3 is 2.27 bits per heavy atom. The van der Waals surface area contributed by atoms with Gasteiger partial charge in [-0.3, -0.25) is 24.5 Å². The van der Waals surface area contributed by atoms with Crippen molar-refractivity contribution in [1.29, 1.82) is 0 Å². The number of carbonyl (C=O) groups excluding carboxylic acids is 3. The van der Waals surface area contributed by atoms with Gasteiger partial charge in [0.1, 0.15) is 17.8 Å². The second-order valence-electron chi connectivity index (χ2n) is 18.4. The van der Waals surface area contributed by atoms with E-state index in [1.165, 1.54) is 29.8 Å². The number of pyridine rings is 1. The molecular formula is C50H55N11O3. The van der Waals surface area contributed by atoms with E-state index < -0.39 is 0 Å². The van der Waals surface area contributed by atoms with Crippen LogP contribution in [-0.2, 0) is 11.2 Å². The number of urea groups is 1. The predicted octanol–water partition coefficient (Wildman–Crippen LogP) is 7.75. The fourth-order valence-corrected chi connectivity index (χ4v) is 10.6. The van der Waals surface area contributed by atoms with E-state index in [9.17, 15) is 14.4 Å². The first-order chi connectivity index (χ1) is 31.2. The highest BCUT2D eigenvalue weighted by Gasteiger charge is 2.35. The van der Waals surface area contributed by atoms with Gasteiger partial charge in [-0.2, -0.15) is 0 Å². The summed E-state index contributed by atoms with van der Waals surface area (Å²) < 4.78 is 1.88. The Labute approximate surface area is 373 Å². The van der Waals surface area contributed by atoms with Gasteiger partial charge in [0.15, 0.2) is 0 Å². The van der Waals surface area contributed by atoms with Crippen molar-refractivity contribution < 1.29 is 14.4 Å². The van der Waals surface area contributed by atoms with Crippen molar-refractivity contribution >= 4 is 46.2 Å². The van der Waals surface area contributed by atoms with Crippen LogP contribution in [0, 0.1) is 12.8 Å². The lowest BCUT2D eigenvalue weighted by Crippen LogP contribution is -2.49. The SMILES string of the molecule is Cc1cc(-c2ncnc3[nH]c(-c4ccc(N5CCN(CC6CCN(c7ccc(N8CCC(=O)NC8=O)cc7)CC6)CC5)nc4)cc23)ccc1C(C)N1CCc2c(C3CC3)ccn2C1=O. The maximum absolute atomic E-state index is 13.7. The quantitative estimate of drug-likeness (QED) is 0.142. The Morgan fingerprint density at radius 1 is 0.750 bits per heavy atom. The molecule has 4 fully saturated rings. The molecule has 3 saturated heterocycles. The maximum Gasteiger partial charge on any atom is 0.328 e. The zero-order chi connectivity index (χ0) is 43.5. The van der Waals surface area contributed by atoms with Crippen LogP contribution in [0.15, 0.2) is 85.5 Å². The summed E-state index contributed by atoms with van der Waals surface area (Å²) in [5.41, 5.74) is 11.5. The van der Waals surface area contributed by atoms with Crippen LogP contribution < -0.4 is 20.0 Å². The molecular weight excluding hydrogens is 803 g/mol. The molecule has 1 saturated carbocycles. The highest BCUT2D eigenvalue weighted by atomic mass is 16.2. The monoisotopic (exact) mass is 857 g/mol. The van der Waals surface area contributed by atoms with Crippen LogP contribution in [0.5, 0.6) is 0 Å². The summed E-state index contributed by atoms with van der Waals surface area (Å²) in [6.45, 7) is 12.5. The van der Waals surface area contributed by atoms with Crippen molar-refractivity contribution in [1.82, 2.24) is 39.6 Å². The summed E-state index contributed by atoms with van der Waals surface area (Å²) in [4.78, 5) is 66.4. The number of amides is 4. The zero-order valence-electron chi connectivity index (χ0n) is 36.7. The molecule has 0 bridgehead atoms. The lowest BCUT2D eigenvalue weighted by atomic mass is 9.95. The summed E-state index contributed by atoms with van der Waals surface area (Å²) in [5.74, 6) is 2.10. The van der Waals surface area contributed by atoms with Crippen LogP contribution in [0.3, 0.4) is 0 Å². The minimum Gasteiger partial charge on any atom is -0.372 e. The van der Waals surface area contributed by atoms with E-state index in [0.29, 0.717) is 24.8 Å². The zero-order valence-corrected chi connectivity index (χ0v) is 36.7. The Hall–Kier alpha value is -6.54. The first-order valence-corrected chi connectivity index (χ1v) is 23.1. The summed E-state index contributed by atoms with van der Waals surface area (Å²) in [6.07, 6.45) is 11.6. The number of piperazine rings is 1. The van der Waals surface area contributed by atoms with Gasteiger partial charge in [-0.1, -0.05) is 12.1 Å². The van der Waals surface area contributed by atoms with Crippen molar-refractivity contribution in [2.24, 2.45) is 5.92 Å². The second kappa shape index (κ2) is 16.5. The lowest BCUT2D eigenvalue weighted by Gasteiger charge is -2.39. The number of hydrogen-bond donors (Lipinski definition) is 2. The highest BCUT2D eigenvalue weighted by Crippen LogP contribution is 2.43. The Bertz CT molecular complexity index is 2720.